The van der Waals surface area contributed by atoms with Crippen LogP contribution in [0.25, 0.3) is 0 Å². The Kier molecular flexibility index (Phi) is 1.97. The zero-order chi connectivity index (χ0) is 8.43. The van der Waals surface area contributed by atoms with Gasteiger partial charge < -0.3 is 4.42 Å². The number of hydrogen-bond acceptors (Lipinski definition) is 3. The van der Waals surface area contributed by atoms with E-state index < -0.39 is 5.63 Å². The average molecular weight is 170 g/mol. The van der Waals surface area contributed by atoms with Gasteiger partial charge >= 0.3 is 5.63 Å². The second-order valence-electron chi connectivity index (χ2n) is 1.98. The Labute approximate surface area is 67.8 Å². The van der Waals surface area contributed by atoms with E-state index in [9.17, 15) is 4.79 Å². The van der Waals surface area contributed by atoms with E-state index in [-0.39, 0.29) is 10.6 Å². The molecular formula is C7H4ClNO2. The van der Waals surface area contributed by atoms with Crippen molar-refractivity contribution in [2.75, 3.05) is 0 Å². The molecule has 0 radical (unpaired) electrons. The minimum atomic E-state index is -0.683. The topological polar surface area (TPSA) is 54.0 Å². The fourth-order valence-electron chi connectivity index (χ4n) is 0.674. The van der Waals surface area contributed by atoms with Gasteiger partial charge in [0.2, 0.25) is 0 Å². The number of hydrogen-bond donors (Lipinski definition) is 0. The second-order valence-corrected chi connectivity index (χ2v) is 2.39. The third-order valence-corrected chi connectivity index (χ3v) is 1.44. The molecule has 3 nitrogen and oxygen atoms in total. The number of rotatable bonds is 0. The fraction of sp³-hybridized carbons (Fsp3) is 0.143. The van der Waals surface area contributed by atoms with Crippen LogP contribution in [0.2, 0.25) is 5.02 Å². The highest BCUT2D eigenvalue weighted by Crippen LogP contribution is 2.11. The minimum Gasteiger partial charge on any atom is -0.427 e. The minimum absolute atomic E-state index is 0.140. The van der Waals surface area contributed by atoms with Crippen LogP contribution in [0.5, 0.6) is 0 Å². The van der Waals surface area contributed by atoms with Crippen molar-refractivity contribution in [3.63, 3.8) is 0 Å². The summed E-state index contributed by atoms with van der Waals surface area (Å²) in [4.78, 5) is 10.8. The van der Waals surface area contributed by atoms with Crippen LogP contribution < -0.4 is 5.63 Å². The van der Waals surface area contributed by atoms with Crippen LogP contribution in [-0.2, 0) is 0 Å². The van der Waals surface area contributed by atoms with Crippen LogP contribution in [-0.4, -0.2) is 0 Å². The molecule has 0 fully saturated rings. The highest BCUT2D eigenvalue weighted by Gasteiger charge is 2.06. The van der Waals surface area contributed by atoms with Gasteiger partial charge in [0.15, 0.2) is 5.56 Å². The van der Waals surface area contributed by atoms with Gasteiger partial charge in [-0.3, -0.25) is 0 Å². The summed E-state index contributed by atoms with van der Waals surface area (Å²) in [5.41, 5.74) is -0.824. The molecule has 56 valence electrons. The highest BCUT2D eigenvalue weighted by molar-refractivity contribution is 6.31. The van der Waals surface area contributed by atoms with Gasteiger partial charge in [-0.1, -0.05) is 11.6 Å². The van der Waals surface area contributed by atoms with Crippen molar-refractivity contribution >= 4 is 11.6 Å². The maximum absolute atomic E-state index is 10.8. The monoisotopic (exact) mass is 169 g/mol. The molecule has 1 heterocycles. The molecular weight excluding hydrogens is 166 g/mol. The summed E-state index contributed by atoms with van der Waals surface area (Å²) in [6.07, 6.45) is 0. The van der Waals surface area contributed by atoms with E-state index in [1.54, 1.807) is 13.0 Å². The molecule has 1 aromatic rings. The van der Waals surface area contributed by atoms with Gasteiger partial charge in [-0.05, 0) is 13.0 Å². The predicted octanol–water partition coefficient (Wildman–Crippen LogP) is 1.47. The predicted molar refractivity (Wildman–Crippen MR) is 39.4 cm³/mol. The molecule has 0 aromatic carbocycles. The molecule has 1 rings (SSSR count). The van der Waals surface area contributed by atoms with Crippen molar-refractivity contribution in [3.8, 4) is 6.07 Å². The molecule has 0 bridgehead atoms. The van der Waals surface area contributed by atoms with Crippen LogP contribution in [0.15, 0.2) is 15.3 Å². The third kappa shape index (κ3) is 1.41. The zero-order valence-electron chi connectivity index (χ0n) is 5.72. The molecule has 11 heavy (non-hydrogen) atoms. The average Bonchev–Trinajstić information content (AvgIpc) is 1.85. The van der Waals surface area contributed by atoms with Crippen molar-refractivity contribution in [1.82, 2.24) is 0 Å². The quantitative estimate of drug-likeness (QED) is 0.591. The van der Waals surface area contributed by atoms with E-state index in [4.69, 9.17) is 16.9 Å². The van der Waals surface area contributed by atoms with Gasteiger partial charge in [-0.2, -0.15) is 5.26 Å². The Hall–Kier alpha value is -1.27. The summed E-state index contributed by atoms with van der Waals surface area (Å²) in [7, 11) is 0. The Balaban J connectivity index is 3.53. The summed E-state index contributed by atoms with van der Waals surface area (Å²) in [6.45, 7) is 1.59. The van der Waals surface area contributed by atoms with Crippen molar-refractivity contribution in [1.29, 1.82) is 5.26 Å². The zero-order valence-corrected chi connectivity index (χ0v) is 6.47. The summed E-state index contributed by atoms with van der Waals surface area (Å²) >= 11 is 5.55. The van der Waals surface area contributed by atoms with E-state index in [1.165, 1.54) is 6.07 Å². The molecule has 0 spiro atoms. The Bertz CT molecular complexity index is 375. The van der Waals surface area contributed by atoms with Gasteiger partial charge in [0, 0.05) is 0 Å². The number of nitriles is 1. The Morgan fingerprint density at radius 3 is 2.82 bits per heavy atom. The number of aryl methyl sites for hydroxylation is 1. The maximum Gasteiger partial charge on any atom is 0.355 e. The summed E-state index contributed by atoms with van der Waals surface area (Å²) in [5, 5.41) is 8.54. The van der Waals surface area contributed by atoms with Gasteiger partial charge in [0.25, 0.3) is 0 Å². The van der Waals surface area contributed by atoms with Crippen LogP contribution >= 0.6 is 11.6 Å². The standard InChI is InChI=1S/C7H4ClNO2/c1-4-2-6(8)5(3-9)7(10)11-4/h2H,1H3. The van der Waals surface area contributed by atoms with E-state index in [0.29, 0.717) is 5.76 Å². The van der Waals surface area contributed by atoms with Gasteiger partial charge in [-0.25, -0.2) is 4.79 Å². The largest absolute Gasteiger partial charge is 0.427 e. The lowest BCUT2D eigenvalue weighted by Gasteiger charge is -1.92. The number of nitrogens with zero attached hydrogens (tertiary/aromatic N) is 1. The summed E-state index contributed by atoms with van der Waals surface area (Å²) in [5.74, 6) is 0.402. The lowest BCUT2D eigenvalue weighted by molar-refractivity contribution is 0.478. The first kappa shape index (κ1) is 7.83. The van der Waals surface area contributed by atoms with Crippen LogP contribution in [0.4, 0.5) is 0 Å². The SMILES string of the molecule is Cc1cc(Cl)c(C#N)c(=O)o1. The maximum atomic E-state index is 10.8. The van der Waals surface area contributed by atoms with Gasteiger partial charge in [0.05, 0.1) is 5.02 Å². The van der Waals surface area contributed by atoms with Crippen molar-refractivity contribution in [2.45, 2.75) is 6.92 Å². The van der Waals surface area contributed by atoms with E-state index in [2.05, 4.69) is 4.42 Å². The van der Waals surface area contributed by atoms with Gasteiger partial charge in [-0.15, -0.1) is 0 Å². The molecule has 1 aromatic heterocycles. The number of halogens is 1. The molecule has 0 aliphatic heterocycles. The smallest absolute Gasteiger partial charge is 0.355 e. The summed E-state index contributed by atoms with van der Waals surface area (Å²) in [6, 6.07) is 3.08. The molecule has 0 N–H and O–H groups in total. The molecule has 0 saturated heterocycles. The lowest BCUT2D eigenvalue weighted by Crippen LogP contribution is -2.04. The second kappa shape index (κ2) is 2.77. The van der Waals surface area contributed by atoms with Crippen molar-refractivity contribution in [3.05, 3.63) is 32.8 Å². The first-order chi connectivity index (χ1) is 5.15. The first-order valence-corrected chi connectivity index (χ1v) is 3.23. The van der Waals surface area contributed by atoms with Crippen LogP contribution in [0.1, 0.15) is 11.3 Å². The highest BCUT2D eigenvalue weighted by atomic mass is 35.5. The third-order valence-electron chi connectivity index (χ3n) is 1.14. The van der Waals surface area contributed by atoms with Gasteiger partial charge in [0.1, 0.15) is 11.8 Å². The molecule has 4 heteroatoms. The van der Waals surface area contributed by atoms with E-state index in [0.717, 1.165) is 0 Å². The van der Waals surface area contributed by atoms with Crippen molar-refractivity contribution < 1.29 is 4.42 Å². The fourth-order valence-corrected chi connectivity index (χ4v) is 0.947. The Morgan fingerprint density at radius 1 is 1.73 bits per heavy atom. The lowest BCUT2D eigenvalue weighted by atomic mass is 10.3. The normalized spacial score (nSPS) is 9.18. The van der Waals surface area contributed by atoms with E-state index >= 15 is 0 Å². The molecule has 0 amide bonds. The molecule has 0 aliphatic rings. The molecule has 0 unspecified atom stereocenters. The Morgan fingerprint density at radius 2 is 2.36 bits per heavy atom. The molecule has 0 saturated carbocycles. The first-order valence-electron chi connectivity index (χ1n) is 2.85. The molecule has 0 aliphatic carbocycles. The van der Waals surface area contributed by atoms with Crippen LogP contribution in [0, 0.1) is 18.3 Å². The van der Waals surface area contributed by atoms with E-state index in [1.807, 2.05) is 0 Å². The molecule has 0 atom stereocenters. The van der Waals surface area contributed by atoms with Crippen molar-refractivity contribution in [2.24, 2.45) is 0 Å². The summed E-state index contributed by atoms with van der Waals surface area (Å²) < 4.78 is 4.62. The van der Waals surface area contributed by atoms with Crippen LogP contribution in [0.3, 0.4) is 0 Å².